The largest absolute Gasteiger partial charge is 0.367 e. The Kier molecular flexibility index (Phi) is 6.29. The van der Waals surface area contributed by atoms with Crippen molar-refractivity contribution in [3.05, 3.63) is 29.6 Å². The average molecular weight is 266 g/mol. The lowest BCUT2D eigenvalue weighted by Crippen LogP contribution is -2.44. The van der Waals surface area contributed by atoms with Gasteiger partial charge < -0.3 is 9.80 Å². The number of piperazine rings is 1. The summed E-state index contributed by atoms with van der Waals surface area (Å²) in [5.74, 6) is 0.727. The Bertz CT molecular complexity index is 380. The predicted octanol–water partition coefficient (Wildman–Crippen LogP) is 3.55. The molecule has 3 heteroatoms. The molecule has 108 valence electrons. The first-order chi connectivity index (χ1) is 8.90. The topological polar surface area (TPSA) is 6.48 Å². The van der Waals surface area contributed by atoms with Crippen LogP contribution in [0.5, 0.6) is 0 Å². The quantitative estimate of drug-likeness (QED) is 0.767. The smallest absolute Gasteiger partial charge is 0.146 e. The van der Waals surface area contributed by atoms with E-state index in [1.165, 1.54) is 0 Å². The molecule has 0 amide bonds. The number of hydrogen-bond acceptors (Lipinski definition) is 2. The number of aryl methyl sites for hydroxylation is 1. The van der Waals surface area contributed by atoms with Crippen molar-refractivity contribution >= 4 is 5.69 Å². The summed E-state index contributed by atoms with van der Waals surface area (Å²) in [6, 6.07) is 5.30. The zero-order chi connectivity index (χ0) is 14.4. The van der Waals surface area contributed by atoms with Crippen LogP contribution in [0.2, 0.25) is 0 Å². The molecule has 1 aromatic carbocycles. The van der Waals surface area contributed by atoms with Crippen molar-refractivity contribution < 1.29 is 4.39 Å². The number of hydrogen-bond donors (Lipinski definition) is 0. The van der Waals surface area contributed by atoms with E-state index in [1.807, 2.05) is 19.1 Å². The Balaban J connectivity index is 0.000000399. The number of halogens is 1. The molecular weight excluding hydrogens is 239 g/mol. The lowest BCUT2D eigenvalue weighted by molar-refractivity contribution is 0.311. The second-order valence-corrected chi connectivity index (χ2v) is 5.98. The molecule has 0 radical (unpaired) electrons. The van der Waals surface area contributed by atoms with Crippen LogP contribution in [0, 0.1) is 18.7 Å². The van der Waals surface area contributed by atoms with E-state index in [2.05, 4.69) is 37.6 Å². The Morgan fingerprint density at radius 2 is 1.58 bits per heavy atom. The summed E-state index contributed by atoms with van der Waals surface area (Å²) in [6.07, 6.45) is 0. The summed E-state index contributed by atoms with van der Waals surface area (Å²) in [7, 11) is 2.10. The highest BCUT2D eigenvalue weighted by atomic mass is 19.1. The maximum Gasteiger partial charge on any atom is 0.146 e. The third-order valence-corrected chi connectivity index (χ3v) is 2.95. The highest BCUT2D eigenvalue weighted by Gasteiger charge is 2.16. The maximum absolute atomic E-state index is 13.6. The van der Waals surface area contributed by atoms with Crippen molar-refractivity contribution in [2.75, 3.05) is 38.1 Å². The zero-order valence-electron chi connectivity index (χ0n) is 12.9. The van der Waals surface area contributed by atoms with E-state index in [-0.39, 0.29) is 5.82 Å². The van der Waals surface area contributed by atoms with Gasteiger partial charge in [0.15, 0.2) is 0 Å². The van der Waals surface area contributed by atoms with Gasteiger partial charge in [-0.05, 0) is 37.6 Å². The highest BCUT2D eigenvalue weighted by molar-refractivity contribution is 5.50. The summed E-state index contributed by atoms with van der Waals surface area (Å²) in [6.45, 7) is 12.3. The second-order valence-electron chi connectivity index (χ2n) is 5.98. The molecule has 0 atom stereocenters. The van der Waals surface area contributed by atoms with Crippen LogP contribution in [0.15, 0.2) is 18.2 Å². The third kappa shape index (κ3) is 5.60. The lowest BCUT2D eigenvalue weighted by atomic mass is 10.2. The molecule has 2 rings (SSSR count). The van der Waals surface area contributed by atoms with Gasteiger partial charge in [0, 0.05) is 26.2 Å². The van der Waals surface area contributed by atoms with Gasteiger partial charge in [0.25, 0.3) is 0 Å². The summed E-state index contributed by atoms with van der Waals surface area (Å²) in [5, 5.41) is 0. The molecule has 0 spiro atoms. The molecule has 19 heavy (non-hydrogen) atoms. The molecule has 1 aliphatic heterocycles. The molecular formula is C16H27FN2. The number of nitrogens with zero attached hydrogens (tertiary/aromatic N) is 2. The van der Waals surface area contributed by atoms with Crippen molar-refractivity contribution in [3.8, 4) is 0 Å². The van der Waals surface area contributed by atoms with E-state index >= 15 is 0 Å². The monoisotopic (exact) mass is 266 g/mol. The van der Waals surface area contributed by atoms with E-state index in [1.54, 1.807) is 6.07 Å². The first-order valence-electron chi connectivity index (χ1n) is 7.09. The Morgan fingerprint density at radius 3 is 2.11 bits per heavy atom. The molecule has 1 heterocycles. The van der Waals surface area contributed by atoms with Crippen LogP contribution in [-0.4, -0.2) is 38.1 Å². The minimum atomic E-state index is -0.106. The maximum atomic E-state index is 13.6. The van der Waals surface area contributed by atoms with Crippen LogP contribution in [0.25, 0.3) is 0 Å². The summed E-state index contributed by atoms with van der Waals surface area (Å²) < 4.78 is 13.6. The summed E-state index contributed by atoms with van der Waals surface area (Å²) in [5.41, 5.74) is 1.87. The number of anilines is 1. The van der Waals surface area contributed by atoms with Gasteiger partial charge in [-0.25, -0.2) is 4.39 Å². The highest BCUT2D eigenvalue weighted by Crippen LogP contribution is 2.21. The van der Waals surface area contributed by atoms with Gasteiger partial charge in [0.2, 0.25) is 0 Å². The normalized spacial score (nSPS) is 16.3. The van der Waals surface area contributed by atoms with Gasteiger partial charge in [0.05, 0.1) is 5.69 Å². The first kappa shape index (κ1) is 16.0. The molecule has 0 unspecified atom stereocenters. The van der Waals surface area contributed by atoms with Crippen LogP contribution in [-0.2, 0) is 0 Å². The van der Waals surface area contributed by atoms with Gasteiger partial charge >= 0.3 is 0 Å². The van der Waals surface area contributed by atoms with Gasteiger partial charge in [0.1, 0.15) is 5.82 Å². The Labute approximate surface area is 117 Å². The second kappa shape index (κ2) is 7.49. The number of likely N-dealkylation sites (N-methyl/N-ethyl adjacent to an activating group) is 1. The predicted molar refractivity (Wildman–Crippen MR) is 81.4 cm³/mol. The van der Waals surface area contributed by atoms with Crippen molar-refractivity contribution in [2.24, 2.45) is 5.92 Å². The molecule has 1 saturated heterocycles. The minimum absolute atomic E-state index is 0.106. The summed E-state index contributed by atoms with van der Waals surface area (Å²) in [4.78, 5) is 4.40. The molecule has 1 aromatic rings. The van der Waals surface area contributed by atoms with Gasteiger partial charge in [-0.3, -0.25) is 0 Å². The number of benzene rings is 1. The molecule has 0 aliphatic carbocycles. The van der Waals surface area contributed by atoms with E-state index in [0.29, 0.717) is 0 Å². The Hall–Kier alpha value is -1.09. The van der Waals surface area contributed by atoms with E-state index in [4.69, 9.17) is 0 Å². The SMILES string of the molecule is CC(C)C.Cc1ccc(F)c(N2CCN(C)CC2)c1. The van der Waals surface area contributed by atoms with Crippen molar-refractivity contribution in [2.45, 2.75) is 27.7 Å². The molecule has 1 fully saturated rings. The fourth-order valence-corrected chi connectivity index (χ4v) is 1.91. The molecule has 0 saturated carbocycles. The first-order valence-corrected chi connectivity index (χ1v) is 7.09. The van der Waals surface area contributed by atoms with Crippen molar-refractivity contribution in [1.29, 1.82) is 0 Å². The average Bonchev–Trinajstić information content (AvgIpc) is 2.33. The minimum Gasteiger partial charge on any atom is -0.367 e. The van der Waals surface area contributed by atoms with Crippen LogP contribution < -0.4 is 4.90 Å². The van der Waals surface area contributed by atoms with E-state index in [0.717, 1.165) is 43.3 Å². The molecule has 2 nitrogen and oxygen atoms in total. The van der Waals surface area contributed by atoms with E-state index < -0.39 is 0 Å². The molecule has 0 N–H and O–H groups in total. The van der Waals surface area contributed by atoms with Crippen molar-refractivity contribution in [1.82, 2.24) is 4.90 Å². The lowest BCUT2D eigenvalue weighted by Gasteiger charge is -2.34. The van der Waals surface area contributed by atoms with Crippen LogP contribution in [0.3, 0.4) is 0 Å². The van der Waals surface area contributed by atoms with Crippen LogP contribution in [0.4, 0.5) is 10.1 Å². The standard InChI is InChI=1S/C12H17FN2.C4H10/c1-10-3-4-11(13)12(9-10)15-7-5-14(2)6-8-15;1-4(2)3/h3-4,9H,5-8H2,1-2H3;4H,1-3H3. The van der Waals surface area contributed by atoms with Gasteiger partial charge in [-0.2, -0.15) is 0 Å². The van der Waals surface area contributed by atoms with Crippen molar-refractivity contribution in [3.63, 3.8) is 0 Å². The van der Waals surface area contributed by atoms with Gasteiger partial charge in [-0.15, -0.1) is 0 Å². The summed E-state index contributed by atoms with van der Waals surface area (Å²) >= 11 is 0. The Morgan fingerprint density at radius 1 is 1.05 bits per heavy atom. The zero-order valence-corrected chi connectivity index (χ0v) is 12.9. The van der Waals surface area contributed by atoms with Crippen LogP contribution >= 0.6 is 0 Å². The molecule has 0 aromatic heterocycles. The van der Waals surface area contributed by atoms with Crippen LogP contribution in [0.1, 0.15) is 26.3 Å². The van der Waals surface area contributed by atoms with Gasteiger partial charge in [-0.1, -0.05) is 26.8 Å². The van der Waals surface area contributed by atoms with E-state index in [9.17, 15) is 4.39 Å². The molecule has 1 aliphatic rings. The fourth-order valence-electron chi connectivity index (χ4n) is 1.91. The third-order valence-electron chi connectivity index (χ3n) is 2.95. The number of rotatable bonds is 1. The molecule has 0 bridgehead atoms. The fraction of sp³-hybridized carbons (Fsp3) is 0.625.